The second-order valence-electron chi connectivity index (χ2n) is 2.47. The van der Waals surface area contributed by atoms with Crippen molar-refractivity contribution < 1.29 is 0 Å². The predicted molar refractivity (Wildman–Crippen MR) is 54.8 cm³/mol. The molecule has 0 aromatic heterocycles. The van der Waals surface area contributed by atoms with Gasteiger partial charge in [-0.15, -0.1) is 0 Å². The van der Waals surface area contributed by atoms with Crippen LogP contribution in [0.2, 0.25) is 0 Å². The number of hydrogen-bond acceptors (Lipinski definition) is 5. The van der Waals surface area contributed by atoms with Crippen molar-refractivity contribution in [3.63, 3.8) is 0 Å². The van der Waals surface area contributed by atoms with Crippen LogP contribution in [0.25, 0.3) is 0 Å². The summed E-state index contributed by atoms with van der Waals surface area (Å²) in [6.45, 7) is 6.08. The standard InChI is InChI=1S/C7H14ClN5/c1-3-9-7-10-5-13(11-4-2)6(8)12-7/h11H,3-5H2,1-2H3,(H,9,10). The molecule has 1 rings (SSSR count). The molecule has 1 aliphatic heterocycles. The highest BCUT2D eigenvalue weighted by Gasteiger charge is 2.13. The predicted octanol–water partition coefficient (Wildman–Crippen LogP) is 0.344. The maximum Gasteiger partial charge on any atom is 0.222 e. The zero-order chi connectivity index (χ0) is 9.68. The van der Waals surface area contributed by atoms with Gasteiger partial charge in [0.15, 0.2) is 0 Å². The van der Waals surface area contributed by atoms with Gasteiger partial charge in [0.2, 0.25) is 11.3 Å². The Kier molecular flexibility index (Phi) is 3.98. The van der Waals surface area contributed by atoms with Crippen LogP contribution in [-0.2, 0) is 0 Å². The first-order valence-corrected chi connectivity index (χ1v) is 4.69. The summed E-state index contributed by atoms with van der Waals surface area (Å²) in [7, 11) is 0. The Morgan fingerprint density at radius 2 is 2.23 bits per heavy atom. The lowest BCUT2D eigenvalue weighted by atomic mass is 10.7. The van der Waals surface area contributed by atoms with Crippen molar-refractivity contribution in [3.8, 4) is 0 Å². The zero-order valence-corrected chi connectivity index (χ0v) is 8.60. The van der Waals surface area contributed by atoms with Crippen LogP contribution in [0, 0.1) is 0 Å². The topological polar surface area (TPSA) is 52.0 Å². The summed E-state index contributed by atoms with van der Waals surface area (Å²) in [5.74, 6) is 0.599. The zero-order valence-electron chi connectivity index (χ0n) is 7.84. The molecule has 0 radical (unpaired) electrons. The van der Waals surface area contributed by atoms with Crippen LogP contribution in [0.15, 0.2) is 9.98 Å². The van der Waals surface area contributed by atoms with Gasteiger partial charge in [0.25, 0.3) is 0 Å². The van der Waals surface area contributed by atoms with Gasteiger partial charge in [0, 0.05) is 13.1 Å². The molecule has 13 heavy (non-hydrogen) atoms. The lowest BCUT2D eigenvalue weighted by molar-refractivity contribution is 0.326. The number of halogens is 1. The molecule has 0 saturated carbocycles. The molecule has 0 bridgehead atoms. The fourth-order valence-electron chi connectivity index (χ4n) is 0.939. The molecule has 2 N–H and O–H groups in total. The summed E-state index contributed by atoms with van der Waals surface area (Å²) in [6.07, 6.45) is 0. The Balaban J connectivity index is 2.52. The van der Waals surface area contributed by atoms with Gasteiger partial charge in [-0.1, -0.05) is 6.92 Å². The molecule has 74 valence electrons. The maximum absolute atomic E-state index is 5.88. The first-order valence-electron chi connectivity index (χ1n) is 4.31. The van der Waals surface area contributed by atoms with E-state index < -0.39 is 0 Å². The van der Waals surface area contributed by atoms with E-state index in [1.54, 1.807) is 5.01 Å². The molecule has 0 atom stereocenters. The number of nitrogens with zero attached hydrogens (tertiary/aromatic N) is 3. The summed E-state index contributed by atoms with van der Waals surface area (Å²) < 4.78 is 0. The molecular formula is C7H14ClN5. The van der Waals surface area contributed by atoms with Crippen molar-refractivity contribution in [2.24, 2.45) is 9.98 Å². The van der Waals surface area contributed by atoms with Crippen LogP contribution in [0.5, 0.6) is 0 Å². The molecule has 0 aliphatic carbocycles. The van der Waals surface area contributed by atoms with Crippen molar-refractivity contribution in [3.05, 3.63) is 0 Å². The Hall–Kier alpha value is -0.810. The fourth-order valence-corrected chi connectivity index (χ4v) is 1.13. The SMILES string of the molecule is CCNC1=NCN(NCC)C(Cl)=N1. The van der Waals surface area contributed by atoms with E-state index in [-0.39, 0.29) is 0 Å². The summed E-state index contributed by atoms with van der Waals surface area (Å²) in [6, 6.07) is 0. The highest BCUT2D eigenvalue weighted by Crippen LogP contribution is 2.00. The van der Waals surface area contributed by atoms with Crippen molar-refractivity contribution in [1.29, 1.82) is 0 Å². The molecular weight excluding hydrogens is 190 g/mol. The normalized spacial score (nSPS) is 16.7. The van der Waals surface area contributed by atoms with E-state index in [0.29, 0.717) is 17.9 Å². The van der Waals surface area contributed by atoms with Gasteiger partial charge in [-0.05, 0) is 18.5 Å². The van der Waals surface area contributed by atoms with E-state index in [2.05, 4.69) is 20.7 Å². The van der Waals surface area contributed by atoms with Gasteiger partial charge in [-0.2, -0.15) is 4.99 Å². The van der Waals surface area contributed by atoms with Gasteiger partial charge in [-0.3, -0.25) is 5.01 Å². The third kappa shape index (κ3) is 2.86. The summed E-state index contributed by atoms with van der Waals surface area (Å²) in [4.78, 5) is 8.22. The number of amidine groups is 1. The highest BCUT2D eigenvalue weighted by atomic mass is 35.5. The molecule has 1 aliphatic rings. The molecule has 5 nitrogen and oxygen atoms in total. The number of aliphatic imine (C=N–C) groups is 2. The molecule has 0 aromatic carbocycles. The van der Waals surface area contributed by atoms with Crippen molar-refractivity contribution in [1.82, 2.24) is 15.8 Å². The van der Waals surface area contributed by atoms with Crippen molar-refractivity contribution in [2.45, 2.75) is 13.8 Å². The third-order valence-corrected chi connectivity index (χ3v) is 1.76. The quantitative estimate of drug-likeness (QED) is 0.651. The lowest BCUT2D eigenvalue weighted by Gasteiger charge is -2.23. The molecule has 0 fully saturated rings. The largest absolute Gasteiger partial charge is 0.355 e. The van der Waals surface area contributed by atoms with E-state index in [1.165, 1.54) is 0 Å². The maximum atomic E-state index is 5.88. The lowest BCUT2D eigenvalue weighted by Crippen LogP contribution is -2.44. The van der Waals surface area contributed by atoms with E-state index in [0.717, 1.165) is 13.1 Å². The number of nitrogens with one attached hydrogen (secondary N) is 2. The first-order chi connectivity index (χ1) is 6.27. The Labute approximate surface area is 82.8 Å². The molecule has 0 unspecified atom stereocenters. The Morgan fingerprint density at radius 1 is 1.46 bits per heavy atom. The highest BCUT2D eigenvalue weighted by molar-refractivity contribution is 6.65. The van der Waals surface area contributed by atoms with Gasteiger partial charge in [-0.25, -0.2) is 10.4 Å². The minimum absolute atomic E-state index is 0.424. The van der Waals surface area contributed by atoms with Gasteiger partial charge in [0.05, 0.1) is 0 Å². The summed E-state index contributed by atoms with van der Waals surface area (Å²) in [5.41, 5.74) is 3.03. The second kappa shape index (κ2) is 5.04. The van der Waals surface area contributed by atoms with Crippen molar-refractivity contribution >= 4 is 22.9 Å². The van der Waals surface area contributed by atoms with E-state index >= 15 is 0 Å². The minimum atomic E-state index is 0.424. The Bertz CT molecular complexity index is 225. The molecule has 0 saturated heterocycles. The third-order valence-electron chi connectivity index (χ3n) is 1.47. The van der Waals surface area contributed by atoms with Crippen LogP contribution < -0.4 is 10.7 Å². The van der Waals surface area contributed by atoms with Crippen molar-refractivity contribution in [2.75, 3.05) is 19.8 Å². The average molecular weight is 204 g/mol. The molecule has 0 aromatic rings. The fraction of sp³-hybridized carbons (Fsp3) is 0.714. The van der Waals surface area contributed by atoms with E-state index in [4.69, 9.17) is 11.6 Å². The smallest absolute Gasteiger partial charge is 0.222 e. The molecule has 0 amide bonds. The number of guanidine groups is 1. The monoisotopic (exact) mass is 203 g/mol. The minimum Gasteiger partial charge on any atom is -0.355 e. The molecule has 1 heterocycles. The van der Waals surface area contributed by atoms with Gasteiger partial charge >= 0.3 is 0 Å². The number of rotatable bonds is 3. The van der Waals surface area contributed by atoms with Crippen LogP contribution in [0.4, 0.5) is 0 Å². The summed E-state index contributed by atoms with van der Waals surface area (Å²) in [5, 5.41) is 5.12. The van der Waals surface area contributed by atoms with Gasteiger partial charge < -0.3 is 5.32 Å². The number of hydrazine groups is 1. The molecule has 6 heteroatoms. The van der Waals surface area contributed by atoms with Crippen LogP contribution in [-0.4, -0.2) is 36.0 Å². The molecule has 0 spiro atoms. The van der Waals surface area contributed by atoms with E-state index in [9.17, 15) is 0 Å². The number of hydrogen-bond donors (Lipinski definition) is 2. The van der Waals surface area contributed by atoms with Crippen LogP contribution >= 0.6 is 11.6 Å². The van der Waals surface area contributed by atoms with Gasteiger partial charge in [0.1, 0.15) is 6.67 Å². The summed E-state index contributed by atoms with van der Waals surface area (Å²) >= 11 is 5.88. The average Bonchev–Trinajstić information content (AvgIpc) is 2.10. The van der Waals surface area contributed by atoms with Crippen LogP contribution in [0.3, 0.4) is 0 Å². The van der Waals surface area contributed by atoms with Crippen LogP contribution in [0.1, 0.15) is 13.8 Å². The van der Waals surface area contributed by atoms with E-state index in [1.807, 2.05) is 13.8 Å². The Morgan fingerprint density at radius 3 is 2.77 bits per heavy atom. The first kappa shape index (κ1) is 10.3. The second-order valence-corrected chi connectivity index (χ2v) is 2.81.